The first-order valence-electron chi connectivity index (χ1n) is 33.5. The van der Waals surface area contributed by atoms with Gasteiger partial charge in [0.2, 0.25) is 11.5 Å². The molecule has 0 bridgehead atoms. The Morgan fingerprint density at radius 3 is 1.53 bits per heavy atom. The zero-order valence-corrected chi connectivity index (χ0v) is 58.1. The number of carbonyl (C=O) groups is 2. The smallest absolute Gasteiger partial charge is 0.335 e. The number of benzene rings is 6. The number of aryl methyl sites for hydroxylation is 1. The van der Waals surface area contributed by atoms with Crippen LogP contribution >= 0.6 is 23.2 Å². The van der Waals surface area contributed by atoms with Crippen molar-refractivity contribution in [3.63, 3.8) is 0 Å². The van der Waals surface area contributed by atoms with Crippen LogP contribution in [0.5, 0.6) is 57.5 Å². The number of ether oxygens (including phenoxy) is 10. The quantitative estimate of drug-likeness (QED) is 0.0633. The fraction of sp³-hybridized carbons (Fsp3) is 0.297. The van der Waals surface area contributed by atoms with Crippen molar-refractivity contribution in [1.29, 1.82) is 0 Å². The first-order chi connectivity index (χ1) is 50.4. The highest BCUT2D eigenvalue weighted by Gasteiger charge is 2.29. The summed E-state index contributed by atoms with van der Waals surface area (Å²) >= 11 is 13.3. The van der Waals surface area contributed by atoms with Gasteiger partial charge in [0.05, 0.1) is 88.6 Å². The summed E-state index contributed by atoms with van der Waals surface area (Å²) in [6.45, 7) is 14.3. The van der Waals surface area contributed by atoms with Crippen molar-refractivity contribution < 1.29 is 65.7 Å². The summed E-state index contributed by atoms with van der Waals surface area (Å²) in [6.07, 6.45) is 7.23. The average molecular weight is 1460 g/mol. The highest BCUT2D eigenvalue weighted by molar-refractivity contribution is 6.34. The molecule has 0 radical (unpaired) electrons. The number of amides is 2. The lowest BCUT2D eigenvalue weighted by molar-refractivity contribution is 0.0356. The molecule has 0 aliphatic carbocycles. The van der Waals surface area contributed by atoms with E-state index in [0.29, 0.717) is 113 Å². The van der Waals surface area contributed by atoms with E-state index in [1.807, 2.05) is 0 Å². The summed E-state index contributed by atoms with van der Waals surface area (Å²) < 4.78 is 91.0. The molecule has 30 heteroatoms. The molecule has 4 aliphatic rings. The van der Waals surface area contributed by atoms with E-state index in [1.165, 1.54) is 60.3 Å². The number of carbonyl (C=O) groups excluding carboxylic acids is 2. The molecule has 26 nitrogen and oxygen atoms in total. The lowest BCUT2D eigenvalue weighted by Gasteiger charge is -2.26. The van der Waals surface area contributed by atoms with Crippen LogP contribution in [0.4, 0.5) is 20.2 Å². The molecule has 2 amide bonds. The van der Waals surface area contributed by atoms with Crippen molar-refractivity contribution in [3.8, 4) is 68.9 Å². The summed E-state index contributed by atoms with van der Waals surface area (Å²) in [7, 11) is 1.40. The van der Waals surface area contributed by atoms with Gasteiger partial charge in [0.25, 0.3) is 22.9 Å². The van der Waals surface area contributed by atoms with E-state index in [1.54, 1.807) is 68.7 Å². The molecule has 2 saturated heterocycles. The number of hydrogen-bond donors (Lipinski definition) is 2. The maximum Gasteiger partial charge on any atom is 0.335 e. The third-order valence-electron chi connectivity index (χ3n) is 17.3. The molecule has 14 rings (SSSR count). The Morgan fingerprint density at radius 1 is 0.529 bits per heavy atom. The molecule has 2 fully saturated rings. The van der Waals surface area contributed by atoms with Crippen molar-refractivity contribution in [2.24, 2.45) is 7.05 Å². The number of morpholine rings is 2. The third kappa shape index (κ3) is 16.0. The first-order valence-corrected chi connectivity index (χ1v) is 34.3. The molecule has 0 atom stereocenters. The summed E-state index contributed by atoms with van der Waals surface area (Å²) in [5.41, 5.74) is -1.87. The Hall–Kier alpha value is -10.9. The van der Waals surface area contributed by atoms with Gasteiger partial charge in [-0.05, 0) is 118 Å². The molecule has 8 heterocycles. The SMILES string of the molecule is CC(C)n1cc(C(=O)Nc2ccc(Oc3ccnc4cc(OCCCN5CCOCC5)c5c(c34)OCCO5)c(Cl)c2)c(=O)n(-c2ccc(F)cc2)c1=O.Cn1cc(C(=O)Nc2ccc(Oc3ccnc4cc(OCCCN5CCOCC5)c5c(c34)OCCO5)cc2Cl)c(=O)n(-c2ccc(F)cc2)c1=O. The molecule has 0 unspecified atom stereocenters. The van der Waals surface area contributed by atoms with E-state index in [0.717, 1.165) is 123 Å². The number of fused-ring (bicyclic) bond motifs is 6. The van der Waals surface area contributed by atoms with Crippen LogP contribution in [0.2, 0.25) is 10.0 Å². The molecule has 0 spiro atoms. The predicted molar refractivity (Wildman–Crippen MR) is 383 cm³/mol. The number of anilines is 2. The highest BCUT2D eigenvalue weighted by Crippen LogP contribution is 2.51. The second-order valence-corrected chi connectivity index (χ2v) is 25.4. The molecule has 2 N–H and O–H groups in total. The molecule has 540 valence electrons. The molecule has 6 aromatic carbocycles. The lowest BCUT2D eigenvalue weighted by atomic mass is 10.1. The number of nitrogens with zero attached hydrogens (tertiary/aromatic N) is 8. The van der Waals surface area contributed by atoms with Crippen LogP contribution in [-0.2, 0) is 16.5 Å². The second kappa shape index (κ2) is 32.2. The minimum absolute atomic E-state index is 0.112. The van der Waals surface area contributed by atoms with Gasteiger partial charge in [-0.1, -0.05) is 23.2 Å². The predicted octanol–water partition coefficient (Wildman–Crippen LogP) is 10.6. The third-order valence-corrected chi connectivity index (χ3v) is 17.9. The van der Waals surface area contributed by atoms with Crippen molar-refractivity contribution in [2.45, 2.75) is 32.7 Å². The van der Waals surface area contributed by atoms with Crippen LogP contribution in [0, 0.1) is 11.6 Å². The topological polar surface area (TPSA) is 271 Å². The van der Waals surface area contributed by atoms with Crippen molar-refractivity contribution in [3.05, 3.63) is 208 Å². The van der Waals surface area contributed by atoms with E-state index in [4.69, 9.17) is 70.6 Å². The summed E-state index contributed by atoms with van der Waals surface area (Å²) in [4.78, 5) is 93.3. The van der Waals surface area contributed by atoms with Gasteiger partial charge in [0.15, 0.2) is 23.0 Å². The number of rotatable bonds is 21. The molecular formula is C74H70Cl2F2N10O16. The largest absolute Gasteiger partial charge is 0.489 e. The van der Waals surface area contributed by atoms with Gasteiger partial charge < -0.3 is 62.6 Å². The Morgan fingerprint density at radius 2 is 1.02 bits per heavy atom. The molecule has 4 aliphatic heterocycles. The Balaban J connectivity index is 0.000000185. The van der Waals surface area contributed by atoms with Gasteiger partial charge in [-0.3, -0.25) is 43.5 Å². The van der Waals surface area contributed by atoms with Crippen molar-refractivity contribution >= 4 is 68.2 Å². The first kappa shape index (κ1) is 71.5. The summed E-state index contributed by atoms with van der Waals surface area (Å²) in [6, 6.07) is 25.5. The van der Waals surface area contributed by atoms with Gasteiger partial charge in [-0.2, -0.15) is 0 Å². The molecule has 0 saturated carbocycles. The number of hydrogen-bond acceptors (Lipinski definition) is 20. The van der Waals surface area contributed by atoms with Crippen molar-refractivity contribution in [2.75, 3.05) is 116 Å². The lowest BCUT2D eigenvalue weighted by Crippen LogP contribution is -2.42. The minimum Gasteiger partial charge on any atom is -0.489 e. The maximum atomic E-state index is 13.6. The Bertz CT molecular complexity index is 5120. The summed E-state index contributed by atoms with van der Waals surface area (Å²) in [5, 5.41) is 6.76. The number of aromatic nitrogens is 6. The molecule has 10 aromatic rings. The van der Waals surface area contributed by atoms with Crippen LogP contribution in [-0.4, -0.2) is 155 Å². The van der Waals surface area contributed by atoms with Crippen LogP contribution in [0.25, 0.3) is 33.2 Å². The van der Waals surface area contributed by atoms with E-state index in [-0.39, 0.29) is 55.7 Å². The van der Waals surface area contributed by atoms with E-state index in [2.05, 4.69) is 30.4 Å². The number of pyridine rings is 2. The van der Waals surface area contributed by atoms with Gasteiger partial charge in [0.1, 0.15) is 72.2 Å². The van der Waals surface area contributed by atoms with E-state index in [9.17, 15) is 37.5 Å². The highest BCUT2D eigenvalue weighted by atomic mass is 35.5. The van der Waals surface area contributed by atoms with Crippen LogP contribution in [0.1, 0.15) is 53.4 Å². The molecule has 4 aromatic heterocycles. The van der Waals surface area contributed by atoms with Gasteiger partial charge >= 0.3 is 11.4 Å². The average Bonchev–Trinajstić information content (AvgIpc) is 0.809. The summed E-state index contributed by atoms with van der Waals surface area (Å²) in [5.74, 6) is 1.75. The van der Waals surface area contributed by atoms with Crippen LogP contribution in [0.3, 0.4) is 0 Å². The monoisotopic (exact) mass is 1460 g/mol. The van der Waals surface area contributed by atoms with Crippen molar-refractivity contribution in [1.82, 2.24) is 38.0 Å². The number of nitrogens with one attached hydrogen (secondary N) is 2. The minimum atomic E-state index is -0.876. The van der Waals surface area contributed by atoms with Crippen LogP contribution < -0.4 is 71.0 Å². The van der Waals surface area contributed by atoms with Gasteiger partial charge in [-0.15, -0.1) is 0 Å². The van der Waals surface area contributed by atoms with Gasteiger partial charge in [0, 0.05) is 101 Å². The van der Waals surface area contributed by atoms with Crippen LogP contribution in [0.15, 0.2) is 153 Å². The fourth-order valence-electron chi connectivity index (χ4n) is 12.0. The zero-order chi connectivity index (χ0) is 72.5. The van der Waals surface area contributed by atoms with E-state index < -0.39 is 45.9 Å². The molecular weight excluding hydrogens is 1390 g/mol. The second-order valence-electron chi connectivity index (χ2n) is 24.6. The normalized spacial score (nSPS) is 14.3. The molecule has 104 heavy (non-hydrogen) atoms. The fourth-order valence-corrected chi connectivity index (χ4v) is 12.5. The number of halogens is 4. The standard InChI is InChI=1S/C38H37ClFN5O8.C36H33ClFN5O8/c1-23(2)44-22-27(37(47)45(38(44)48)26-7-4-24(40)5-8-26)36(46)42-25-6-9-30(28(39)20-25)53-31-10-11-41-29-21-32(34-35(33(29)31)52-19-18-51-34)50-15-3-12-43-13-16-49-17-14-43;1-41-21-25(35(45)43(36(41)46)23-5-3-22(38)4-6-23)34(44)40-27-8-7-24(19-26(27)37)51-29-9-10-39-28-20-30(32-33(31(28)29)50-18-17-49-32)48-14-2-11-42-12-15-47-16-13-42/h4-11,20-23H,3,12-19H2,1-2H3,(H,42,46);3-10,19-21H,2,11-18H2,1H3,(H,40,44). The Kier molecular flexibility index (Phi) is 22.1. The Labute approximate surface area is 602 Å². The van der Waals surface area contributed by atoms with Gasteiger partial charge in [-0.25, -0.2) is 27.5 Å². The zero-order valence-electron chi connectivity index (χ0n) is 56.6. The maximum absolute atomic E-state index is 13.6. The van der Waals surface area contributed by atoms with E-state index >= 15 is 0 Å².